The van der Waals surface area contributed by atoms with Gasteiger partial charge in [-0.05, 0) is 36.2 Å². The largest absolute Gasteiger partial charge is 0.459 e. The Hall–Kier alpha value is -4.19. The highest BCUT2D eigenvalue weighted by Gasteiger charge is 2.24. The first-order valence-electron chi connectivity index (χ1n) is 11.7. The molecule has 6 nitrogen and oxygen atoms in total. The van der Waals surface area contributed by atoms with Crippen LogP contribution in [0.15, 0.2) is 89.7 Å². The maximum atomic E-state index is 13.0. The Morgan fingerprint density at radius 1 is 0.914 bits per heavy atom. The van der Waals surface area contributed by atoms with Gasteiger partial charge >= 0.3 is 5.97 Å². The second-order valence-corrected chi connectivity index (χ2v) is 7.89. The number of esters is 1. The average molecular weight is 471 g/mol. The first-order chi connectivity index (χ1) is 17.0. The number of benzene rings is 3. The van der Waals surface area contributed by atoms with Crippen molar-refractivity contribution < 1.29 is 14.3 Å². The highest BCUT2D eigenvalue weighted by molar-refractivity contribution is 5.97. The number of rotatable bonds is 7. The van der Waals surface area contributed by atoms with Crippen molar-refractivity contribution in [1.29, 1.82) is 0 Å². The Balaban J connectivity index is 0.00000167. The van der Waals surface area contributed by atoms with Crippen molar-refractivity contribution in [2.75, 3.05) is 0 Å². The summed E-state index contributed by atoms with van der Waals surface area (Å²) in [5, 5.41) is 3.60. The van der Waals surface area contributed by atoms with Crippen LogP contribution in [0.2, 0.25) is 0 Å². The van der Waals surface area contributed by atoms with Gasteiger partial charge in [0, 0.05) is 29.0 Å². The monoisotopic (exact) mass is 470 g/mol. The Morgan fingerprint density at radius 3 is 2.29 bits per heavy atom. The number of hydrogen-bond acceptors (Lipinski definition) is 4. The SMILES string of the molecule is CC.Cc1ccc(C(=O)NC(Cc2cc(=O)[nH]c3ccccc23)C(=O)OCc2ccccc2)cc1. The van der Waals surface area contributed by atoms with E-state index < -0.39 is 12.0 Å². The molecule has 0 spiro atoms. The zero-order chi connectivity index (χ0) is 25.2. The van der Waals surface area contributed by atoms with Gasteiger partial charge in [0.1, 0.15) is 12.6 Å². The Labute approximate surface area is 205 Å². The second-order valence-electron chi connectivity index (χ2n) is 7.89. The molecule has 1 heterocycles. The van der Waals surface area contributed by atoms with Gasteiger partial charge in [0.05, 0.1) is 0 Å². The highest BCUT2D eigenvalue weighted by Crippen LogP contribution is 2.17. The van der Waals surface area contributed by atoms with Gasteiger partial charge in [-0.1, -0.05) is 80.1 Å². The van der Waals surface area contributed by atoms with Gasteiger partial charge in [-0.15, -0.1) is 0 Å². The van der Waals surface area contributed by atoms with E-state index in [4.69, 9.17) is 4.74 Å². The minimum absolute atomic E-state index is 0.0900. The molecule has 0 radical (unpaired) electrons. The smallest absolute Gasteiger partial charge is 0.329 e. The molecule has 0 aliphatic rings. The quantitative estimate of drug-likeness (QED) is 0.374. The predicted octanol–water partition coefficient (Wildman–Crippen LogP) is 4.95. The summed E-state index contributed by atoms with van der Waals surface area (Å²) >= 11 is 0. The van der Waals surface area contributed by atoms with E-state index in [-0.39, 0.29) is 24.5 Å². The molecule has 0 saturated heterocycles. The number of fused-ring (bicyclic) bond motifs is 1. The Kier molecular flexibility index (Phi) is 8.95. The minimum atomic E-state index is -0.965. The molecular formula is C29H30N2O4. The Morgan fingerprint density at radius 2 is 1.57 bits per heavy atom. The summed E-state index contributed by atoms with van der Waals surface area (Å²) in [6.07, 6.45) is 0.121. The zero-order valence-electron chi connectivity index (χ0n) is 20.2. The van der Waals surface area contributed by atoms with Crippen LogP contribution in [0.3, 0.4) is 0 Å². The van der Waals surface area contributed by atoms with Crippen LogP contribution in [-0.4, -0.2) is 22.9 Å². The van der Waals surface area contributed by atoms with Crippen LogP contribution in [0, 0.1) is 6.92 Å². The van der Waals surface area contributed by atoms with Gasteiger partial charge in [-0.25, -0.2) is 4.79 Å². The normalized spacial score (nSPS) is 11.2. The molecule has 180 valence electrons. The number of aryl methyl sites for hydroxylation is 1. The molecular weight excluding hydrogens is 440 g/mol. The van der Waals surface area contributed by atoms with E-state index in [0.29, 0.717) is 16.6 Å². The Bertz CT molecular complexity index is 1330. The van der Waals surface area contributed by atoms with Crippen LogP contribution in [0.25, 0.3) is 10.9 Å². The first-order valence-corrected chi connectivity index (χ1v) is 11.7. The van der Waals surface area contributed by atoms with Gasteiger partial charge in [0.25, 0.3) is 5.91 Å². The summed E-state index contributed by atoms with van der Waals surface area (Å²) in [7, 11) is 0. The second kappa shape index (κ2) is 12.3. The summed E-state index contributed by atoms with van der Waals surface area (Å²) in [4.78, 5) is 40.9. The molecule has 0 fully saturated rings. The van der Waals surface area contributed by atoms with Crippen LogP contribution in [0.5, 0.6) is 0 Å². The number of nitrogens with one attached hydrogen (secondary N) is 2. The third-order valence-corrected chi connectivity index (χ3v) is 5.39. The van der Waals surface area contributed by atoms with Crippen molar-refractivity contribution >= 4 is 22.8 Å². The lowest BCUT2D eigenvalue weighted by Gasteiger charge is -2.19. The van der Waals surface area contributed by atoms with E-state index in [9.17, 15) is 14.4 Å². The average Bonchev–Trinajstić information content (AvgIpc) is 2.89. The zero-order valence-corrected chi connectivity index (χ0v) is 20.2. The molecule has 1 unspecified atom stereocenters. The molecule has 4 aromatic rings. The maximum absolute atomic E-state index is 13.0. The van der Waals surface area contributed by atoms with Crippen molar-refractivity contribution in [3.05, 3.63) is 118 Å². The molecule has 0 bridgehead atoms. The van der Waals surface area contributed by atoms with Gasteiger partial charge in [0.15, 0.2) is 0 Å². The van der Waals surface area contributed by atoms with Crippen LogP contribution >= 0.6 is 0 Å². The number of ether oxygens (including phenoxy) is 1. The number of hydrogen-bond donors (Lipinski definition) is 2. The number of pyridine rings is 1. The molecule has 4 rings (SSSR count). The van der Waals surface area contributed by atoms with Crippen molar-refractivity contribution in [2.45, 2.75) is 39.8 Å². The summed E-state index contributed by atoms with van der Waals surface area (Å²) < 4.78 is 5.52. The number of carbonyl (C=O) groups excluding carboxylic acids is 2. The van der Waals surface area contributed by atoms with E-state index >= 15 is 0 Å². The number of aromatic amines is 1. The predicted molar refractivity (Wildman–Crippen MR) is 138 cm³/mol. The summed E-state index contributed by atoms with van der Waals surface area (Å²) in [5.74, 6) is -0.950. The molecule has 0 saturated carbocycles. The lowest BCUT2D eigenvalue weighted by Crippen LogP contribution is -2.43. The summed E-state index contributed by atoms with van der Waals surface area (Å²) in [5.41, 5.74) is 3.36. The van der Waals surface area contributed by atoms with Gasteiger partial charge < -0.3 is 15.0 Å². The molecule has 6 heteroatoms. The van der Waals surface area contributed by atoms with Crippen LogP contribution < -0.4 is 10.9 Å². The number of H-pyrrole nitrogens is 1. The van der Waals surface area contributed by atoms with Crippen molar-refractivity contribution in [3.63, 3.8) is 0 Å². The van der Waals surface area contributed by atoms with Crippen molar-refractivity contribution in [1.82, 2.24) is 10.3 Å². The van der Waals surface area contributed by atoms with Gasteiger partial charge in [-0.3, -0.25) is 9.59 Å². The minimum Gasteiger partial charge on any atom is -0.459 e. The van der Waals surface area contributed by atoms with Crippen molar-refractivity contribution in [3.8, 4) is 0 Å². The van der Waals surface area contributed by atoms with E-state index in [2.05, 4.69) is 10.3 Å². The molecule has 1 amide bonds. The maximum Gasteiger partial charge on any atom is 0.329 e. The van der Waals surface area contributed by atoms with E-state index in [0.717, 1.165) is 16.5 Å². The third kappa shape index (κ3) is 6.90. The molecule has 0 aliphatic carbocycles. The summed E-state index contributed by atoms with van der Waals surface area (Å²) in [6.45, 7) is 6.02. The van der Waals surface area contributed by atoms with E-state index in [1.807, 2.05) is 81.4 Å². The number of para-hydroxylation sites is 1. The molecule has 2 N–H and O–H groups in total. The lowest BCUT2D eigenvalue weighted by molar-refractivity contribution is -0.147. The lowest BCUT2D eigenvalue weighted by atomic mass is 10.0. The topological polar surface area (TPSA) is 88.3 Å². The fourth-order valence-electron chi connectivity index (χ4n) is 3.63. The molecule has 35 heavy (non-hydrogen) atoms. The van der Waals surface area contributed by atoms with Gasteiger partial charge in [-0.2, -0.15) is 0 Å². The molecule has 3 aromatic carbocycles. The van der Waals surface area contributed by atoms with Crippen LogP contribution in [-0.2, 0) is 22.6 Å². The van der Waals surface area contributed by atoms with E-state index in [1.165, 1.54) is 6.07 Å². The standard InChI is InChI=1S/C27H24N2O4.C2H6/c1-18-11-13-20(14-12-18)26(31)29-24(27(32)33-17-19-7-3-2-4-8-19)15-21-16-25(30)28-23-10-6-5-9-22(21)23;1-2/h2-14,16,24H,15,17H2,1H3,(H,28,30)(H,29,31);1-2H3. The third-order valence-electron chi connectivity index (χ3n) is 5.39. The fraction of sp³-hybridized carbons (Fsp3) is 0.207. The van der Waals surface area contributed by atoms with E-state index in [1.54, 1.807) is 18.2 Å². The van der Waals surface area contributed by atoms with Crippen molar-refractivity contribution in [2.24, 2.45) is 0 Å². The fourth-order valence-corrected chi connectivity index (χ4v) is 3.63. The van der Waals surface area contributed by atoms with Crippen LogP contribution in [0.1, 0.15) is 40.9 Å². The highest BCUT2D eigenvalue weighted by atomic mass is 16.5. The number of amides is 1. The van der Waals surface area contributed by atoms with Gasteiger partial charge in [0.2, 0.25) is 5.56 Å². The number of aromatic nitrogens is 1. The van der Waals surface area contributed by atoms with Crippen LogP contribution in [0.4, 0.5) is 0 Å². The molecule has 0 aliphatic heterocycles. The summed E-state index contributed by atoms with van der Waals surface area (Å²) in [6, 6.07) is 24.3. The molecule has 1 aromatic heterocycles. The number of carbonyl (C=O) groups is 2. The first kappa shape index (κ1) is 25.4. The molecule has 1 atom stereocenters.